The fourth-order valence-corrected chi connectivity index (χ4v) is 2.89. The molecule has 1 amide bonds. The molecule has 1 aromatic heterocycles. The number of benzene rings is 1. The molecule has 0 radical (unpaired) electrons. The van der Waals surface area contributed by atoms with Gasteiger partial charge in [0.2, 0.25) is 5.91 Å². The lowest BCUT2D eigenvalue weighted by molar-refractivity contribution is -0.119. The summed E-state index contributed by atoms with van der Waals surface area (Å²) < 4.78 is 5.47. The summed E-state index contributed by atoms with van der Waals surface area (Å²) in [5, 5.41) is 3.65. The number of hydrogen-bond donors (Lipinski definition) is 1. The smallest absolute Gasteiger partial charge is 0.256 e. The number of nitrogens with zero attached hydrogens (tertiary/aromatic N) is 1. The van der Waals surface area contributed by atoms with Gasteiger partial charge in [-0.25, -0.2) is 4.98 Å². The summed E-state index contributed by atoms with van der Waals surface area (Å²) in [6.45, 7) is 5.89. The summed E-state index contributed by atoms with van der Waals surface area (Å²) in [7, 11) is 0. The minimum atomic E-state index is 0.000749. The molecule has 1 unspecified atom stereocenters. The van der Waals surface area contributed by atoms with E-state index in [0.717, 1.165) is 29.9 Å². The number of aromatic nitrogens is 1. The topological polar surface area (TPSA) is 55.1 Å². The van der Waals surface area contributed by atoms with Gasteiger partial charge in [-0.15, -0.1) is 0 Å². The largest absolute Gasteiger partial charge is 0.437 e. The average Bonchev–Trinajstić information content (AvgIpc) is 2.84. The summed E-state index contributed by atoms with van der Waals surface area (Å²) in [6.07, 6.45) is 1.95. The zero-order chi connectivity index (χ0) is 15.9. The molecule has 1 heterocycles. The highest BCUT2D eigenvalue weighted by molar-refractivity contribution is 7.99. The molecule has 1 N–H and O–H groups in total. The van der Waals surface area contributed by atoms with Gasteiger partial charge in [0, 0.05) is 0 Å². The number of thioether (sulfide) groups is 1. The number of rotatable bonds is 7. The van der Waals surface area contributed by atoms with Crippen LogP contribution in [0.5, 0.6) is 0 Å². The first-order valence-corrected chi connectivity index (χ1v) is 8.49. The van der Waals surface area contributed by atoms with Gasteiger partial charge in [-0.3, -0.25) is 4.79 Å². The quantitative estimate of drug-likeness (QED) is 0.783. The van der Waals surface area contributed by atoms with Crippen LogP contribution in [0.1, 0.15) is 42.8 Å². The highest BCUT2D eigenvalue weighted by Gasteiger charge is 2.15. The van der Waals surface area contributed by atoms with Crippen LogP contribution in [0.25, 0.3) is 0 Å². The molecule has 1 aromatic carbocycles. The Kier molecular flexibility index (Phi) is 6.07. The minimum absolute atomic E-state index is 0.000749. The molecule has 1 atom stereocenters. The maximum absolute atomic E-state index is 12.2. The minimum Gasteiger partial charge on any atom is -0.437 e. The van der Waals surface area contributed by atoms with Crippen LogP contribution in [-0.2, 0) is 4.79 Å². The Bertz CT molecular complexity index is 591. The maximum atomic E-state index is 12.2. The maximum Gasteiger partial charge on any atom is 0.256 e. The van der Waals surface area contributed by atoms with Gasteiger partial charge in [0.15, 0.2) is 0 Å². The normalized spacial score (nSPS) is 12.1. The van der Waals surface area contributed by atoms with Crippen molar-refractivity contribution in [3.8, 4) is 0 Å². The van der Waals surface area contributed by atoms with E-state index in [2.05, 4.69) is 29.4 Å². The second kappa shape index (κ2) is 8.03. The van der Waals surface area contributed by atoms with E-state index in [1.165, 1.54) is 11.8 Å². The molecule has 0 saturated heterocycles. The van der Waals surface area contributed by atoms with Crippen molar-refractivity contribution in [2.75, 3.05) is 5.75 Å². The second-order valence-corrected chi connectivity index (χ2v) is 6.16. The van der Waals surface area contributed by atoms with E-state index < -0.39 is 0 Å². The van der Waals surface area contributed by atoms with Gasteiger partial charge in [0.1, 0.15) is 5.76 Å². The van der Waals surface area contributed by atoms with Crippen molar-refractivity contribution >= 4 is 17.7 Å². The first-order chi connectivity index (χ1) is 10.6. The molecule has 4 nitrogen and oxygen atoms in total. The Hall–Kier alpha value is -1.75. The third kappa shape index (κ3) is 4.63. The van der Waals surface area contributed by atoms with Crippen molar-refractivity contribution < 1.29 is 9.21 Å². The molecule has 118 valence electrons. The van der Waals surface area contributed by atoms with E-state index in [9.17, 15) is 4.79 Å². The molecular formula is C17H22N2O2S. The lowest BCUT2D eigenvalue weighted by Crippen LogP contribution is -2.29. The molecule has 0 aliphatic heterocycles. The number of oxazole rings is 1. The fourth-order valence-electron chi connectivity index (χ4n) is 2.16. The Morgan fingerprint density at radius 1 is 1.32 bits per heavy atom. The van der Waals surface area contributed by atoms with Crippen molar-refractivity contribution in [2.45, 2.75) is 44.9 Å². The molecule has 2 aromatic rings. The molecule has 0 saturated carbocycles. The van der Waals surface area contributed by atoms with Gasteiger partial charge < -0.3 is 9.73 Å². The molecule has 0 aliphatic rings. The van der Waals surface area contributed by atoms with E-state index in [1.54, 1.807) is 0 Å². The van der Waals surface area contributed by atoms with Crippen molar-refractivity contribution in [1.82, 2.24) is 10.3 Å². The molecule has 5 heteroatoms. The van der Waals surface area contributed by atoms with Gasteiger partial charge >= 0.3 is 0 Å². The molecular weight excluding hydrogens is 296 g/mol. The van der Waals surface area contributed by atoms with E-state index >= 15 is 0 Å². The molecule has 0 spiro atoms. The number of nitrogens with one attached hydrogen (secondary N) is 1. The zero-order valence-electron chi connectivity index (χ0n) is 13.3. The van der Waals surface area contributed by atoms with Crippen LogP contribution in [0.2, 0.25) is 0 Å². The summed E-state index contributed by atoms with van der Waals surface area (Å²) in [5.41, 5.74) is 2.02. The van der Waals surface area contributed by atoms with E-state index in [1.807, 2.05) is 32.0 Å². The predicted octanol–water partition coefficient (Wildman–Crippen LogP) is 4.04. The molecule has 2 rings (SSSR count). The van der Waals surface area contributed by atoms with Gasteiger partial charge in [-0.05, 0) is 25.8 Å². The monoisotopic (exact) mass is 318 g/mol. The SMILES string of the molecule is CCCC(NC(=O)CSc1nc(C)c(C)o1)c1ccccc1. The fraction of sp³-hybridized carbons (Fsp3) is 0.412. The Morgan fingerprint density at radius 3 is 2.64 bits per heavy atom. The lowest BCUT2D eigenvalue weighted by Gasteiger charge is -2.18. The number of carbonyl (C=O) groups excluding carboxylic acids is 1. The van der Waals surface area contributed by atoms with E-state index in [-0.39, 0.29) is 11.9 Å². The van der Waals surface area contributed by atoms with Crippen LogP contribution in [0.3, 0.4) is 0 Å². The predicted molar refractivity (Wildman–Crippen MR) is 88.9 cm³/mol. The number of amides is 1. The first-order valence-electron chi connectivity index (χ1n) is 7.51. The van der Waals surface area contributed by atoms with E-state index in [4.69, 9.17) is 4.42 Å². The van der Waals surface area contributed by atoms with E-state index in [0.29, 0.717) is 11.0 Å². The third-order valence-corrected chi connectivity index (χ3v) is 4.28. The number of carbonyl (C=O) groups is 1. The summed E-state index contributed by atoms with van der Waals surface area (Å²) in [5.74, 6) is 1.11. The Balaban J connectivity index is 1.91. The molecule has 22 heavy (non-hydrogen) atoms. The van der Waals surface area contributed by atoms with Gasteiger partial charge in [0.25, 0.3) is 5.22 Å². The summed E-state index contributed by atoms with van der Waals surface area (Å²) in [4.78, 5) is 16.4. The lowest BCUT2D eigenvalue weighted by atomic mass is 10.0. The number of hydrogen-bond acceptors (Lipinski definition) is 4. The van der Waals surface area contributed by atoms with Crippen LogP contribution in [0, 0.1) is 13.8 Å². The Labute approximate surface area is 135 Å². The summed E-state index contributed by atoms with van der Waals surface area (Å²) in [6, 6.07) is 10.1. The Morgan fingerprint density at radius 2 is 2.05 bits per heavy atom. The molecule has 0 aliphatic carbocycles. The highest BCUT2D eigenvalue weighted by Crippen LogP contribution is 2.21. The van der Waals surface area contributed by atoms with Crippen molar-refractivity contribution in [3.63, 3.8) is 0 Å². The molecule has 0 bridgehead atoms. The van der Waals surface area contributed by atoms with Gasteiger partial charge in [-0.1, -0.05) is 55.4 Å². The first kappa shape index (κ1) is 16.6. The van der Waals surface area contributed by atoms with Gasteiger partial charge in [0.05, 0.1) is 17.5 Å². The summed E-state index contributed by atoms with van der Waals surface area (Å²) >= 11 is 1.33. The molecule has 0 fully saturated rings. The van der Waals surface area contributed by atoms with Crippen molar-refractivity contribution in [3.05, 3.63) is 47.3 Å². The van der Waals surface area contributed by atoms with Crippen LogP contribution in [0.15, 0.2) is 40.0 Å². The third-order valence-electron chi connectivity index (χ3n) is 3.45. The van der Waals surface area contributed by atoms with Crippen molar-refractivity contribution in [1.29, 1.82) is 0 Å². The standard InChI is InChI=1S/C17H22N2O2S/c1-4-8-15(14-9-6-5-7-10-14)19-16(20)11-22-17-18-12(2)13(3)21-17/h5-7,9-10,15H,4,8,11H2,1-3H3,(H,19,20). The second-order valence-electron chi connectivity index (χ2n) is 5.23. The van der Waals surface area contributed by atoms with Gasteiger partial charge in [-0.2, -0.15) is 0 Å². The van der Waals surface area contributed by atoms with Crippen LogP contribution < -0.4 is 5.32 Å². The van der Waals surface area contributed by atoms with Crippen LogP contribution in [0.4, 0.5) is 0 Å². The number of aryl methyl sites for hydroxylation is 2. The average molecular weight is 318 g/mol. The van der Waals surface area contributed by atoms with Crippen LogP contribution in [-0.4, -0.2) is 16.6 Å². The van der Waals surface area contributed by atoms with Crippen LogP contribution >= 0.6 is 11.8 Å². The van der Waals surface area contributed by atoms with Crippen molar-refractivity contribution in [2.24, 2.45) is 0 Å². The highest BCUT2D eigenvalue weighted by atomic mass is 32.2. The zero-order valence-corrected chi connectivity index (χ0v) is 14.1.